The normalized spacial score (nSPS) is 55.3. The summed E-state index contributed by atoms with van der Waals surface area (Å²) in [5.41, 5.74) is 0.949. The molecule has 3 rings (SSSR count). The topological polar surface area (TPSA) is 12.5 Å². The summed E-state index contributed by atoms with van der Waals surface area (Å²) < 4.78 is 5.95. The van der Waals surface area contributed by atoms with Crippen molar-refractivity contribution in [2.75, 3.05) is 13.8 Å². The lowest BCUT2D eigenvalue weighted by atomic mass is 9.69. The van der Waals surface area contributed by atoms with E-state index in [9.17, 15) is 0 Å². The minimum absolute atomic E-state index is 0.469. The van der Waals surface area contributed by atoms with Gasteiger partial charge in [-0.05, 0) is 36.6 Å². The van der Waals surface area contributed by atoms with Crippen LogP contribution in [-0.4, -0.2) is 30.8 Å². The van der Waals surface area contributed by atoms with Crippen molar-refractivity contribution < 1.29 is 4.74 Å². The zero-order chi connectivity index (χ0) is 10.1. The maximum atomic E-state index is 5.95. The van der Waals surface area contributed by atoms with E-state index in [2.05, 4.69) is 32.7 Å². The zero-order valence-corrected chi connectivity index (χ0v) is 9.71. The van der Waals surface area contributed by atoms with Gasteiger partial charge < -0.3 is 4.74 Å². The second-order valence-corrected chi connectivity index (χ2v) is 6.25. The number of hydrogen-bond acceptors (Lipinski definition) is 2. The monoisotopic (exact) mass is 195 g/mol. The molecule has 1 saturated heterocycles. The van der Waals surface area contributed by atoms with Crippen LogP contribution in [0, 0.1) is 16.7 Å². The smallest absolute Gasteiger partial charge is 0.0995 e. The maximum Gasteiger partial charge on any atom is 0.0995 e. The Labute approximate surface area is 86.6 Å². The molecular formula is C12H21NO. The third-order valence-electron chi connectivity index (χ3n) is 5.68. The SMILES string of the molecule is CN1COC2C3CCC(C)(C21)C3(C)C. The summed E-state index contributed by atoms with van der Waals surface area (Å²) >= 11 is 0. The minimum Gasteiger partial charge on any atom is -0.361 e. The first-order valence-electron chi connectivity index (χ1n) is 5.80. The van der Waals surface area contributed by atoms with Gasteiger partial charge in [-0.15, -0.1) is 0 Å². The van der Waals surface area contributed by atoms with Gasteiger partial charge >= 0.3 is 0 Å². The predicted molar refractivity (Wildman–Crippen MR) is 55.9 cm³/mol. The number of hydrogen-bond donors (Lipinski definition) is 0. The van der Waals surface area contributed by atoms with Gasteiger partial charge in [0.15, 0.2) is 0 Å². The summed E-state index contributed by atoms with van der Waals surface area (Å²) in [7, 11) is 2.21. The van der Waals surface area contributed by atoms with Crippen LogP contribution in [0.4, 0.5) is 0 Å². The molecule has 0 radical (unpaired) electrons. The summed E-state index contributed by atoms with van der Waals surface area (Å²) in [4.78, 5) is 2.42. The molecule has 4 unspecified atom stereocenters. The van der Waals surface area contributed by atoms with Gasteiger partial charge in [0.05, 0.1) is 12.8 Å². The van der Waals surface area contributed by atoms with Gasteiger partial charge in [-0.2, -0.15) is 0 Å². The van der Waals surface area contributed by atoms with Crippen molar-refractivity contribution in [2.24, 2.45) is 16.7 Å². The number of nitrogens with zero attached hydrogens (tertiary/aromatic N) is 1. The molecule has 1 heterocycles. The Bertz CT molecular complexity index is 275. The zero-order valence-electron chi connectivity index (χ0n) is 9.71. The number of likely N-dealkylation sites (N-methyl/N-ethyl adjacent to an activating group) is 1. The van der Waals surface area contributed by atoms with Crippen molar-refractivity contribution in [1.29, 1.82) is 0 Å². The van der Waals surface area contributed by atoms with Crippen LogP contribution < -0.4 is 0 Å². The molecule has 2 heteroatoms. The van der Waals surface area contributed by atoms with Crippen LogP contribution in [-0.2, 0) is 4.74 Å². The molecule has 0 amide bonds. The first-order valence-corrected chi connectivity index (χ1v) is 5.80. The molecular weight excluding hydrogens is 174 g/mol. The van der Waals surface area contributed by atoms with E-state index in [1.807, 2.05) is 0 Å². The summed E-state index contributed by atoms with van der Waals surface area (Å²) in [6.45, 7) is 8.21. The van der Waals surface area contributed by atoms with Crippen LogP contribution in [0.25, 0.3) is 0 Å². The van der Waals surface area contributed by atoms with E-state index >= 15 is 0 Å². The van der Waals surface area contributed by atoms with Crippen molar-refractivity contribution in [2.45, 2.75) is 45.8 Å². The molecule has 14 heavy (non-hydrogen) atoms. The lowest BCUT2D eigenvalue weighted by Gasteiger charge is -2.40. The van der Waals surface area contributed by atoms with E-state index in [0.717, 1.165) is 12.6 Å². The Kier molecular flexibility index (Phi) is 1.54. The highest BCUT2D eigenvalue weighted by molar-refractivity contribution is 5.19. The van der Waals surface area contributed by atoms with E-state index in [-0.39, 0.29) is 0 Å². The van der Waals surface area contributed by atoms with Crippen LogP contribution in [0.1, 0.15) is 33.6 Å². The van der Waals surface area contributed by atoms with Gasteiger partial charge in [0.2, 0.25) is 0 Å². The highest BCUT2D eigenvalue weighted by Gasteiger charge is 2.69. The molecule has 0 aromatic heterocycles. The number of fused-ring (bicyclic) bond motifs is 5. The third-order valence-corrected chi connectivity index (χ3v) is 5.68. The van der Waals surface area contributed by atoms with Gasteiger partial charge in [0.1, 0.15) is 0 Å². The lowest BCUT2D eigenvalue weighted by Crippen LogP contribution is -2.45. The lowest BCUT2D eigenvalue weighted by molar-refractivity contribution is 0.0294. The summed E-state index contributed by atoms with van der Waals surface area (Å²) in [6, 6.07) is 0.677. The Morgan fingerprint density at radius 2 is 2.00 bits per heavy atom. The fourth-order valence-electron chi connectivity index (χ4n) is 4.48. The van der Waals surface area contributed by atoms with Gasteiger partial charge in [0, 0.05) is 6.04 Å². The number of ether oxygens (including phenoxy) is 1. The fourth-order valence-corrected chi connectivity index (χ4v) is 4.48. The molecule has 3 aliphatic rings. The van der Waals surface area contributed by atoms with E-state index < -0.39 is 0 Å². The molecule has 2 bridgehead atoms. The first-order chi connectivity index (χ1) is 6.48. The highest BCUT2D eigenvalue weighted by atomic mass is 16.5. The Morgan fingerprint density at radius 3 is 2.64 bits per heavy atom. The van der Waals surface area contributed by atoms with Gasteiger partial charge in [0.25, 0.3) is 0 Å². The van der Waals surface area contributed by atoms with Crippen molar-refractivity contribution in [3.05, 3.63) is 0 Å². The van der Waals surface area contributed by atoms with Crippen molar-refractivity contribution in [3.63, 3.8) is 0 Å². The van der Waals surface area contributed by atoms with Crippen LogP contribution in [0.15, 0.2) is 0 Å². The maximum absolute atomic E-state index is 5.95. The molecule has 3 fully saturated rings. The molecule has 0 N–H and O–H groups in total. The van der Waals surface area contributed by atoms with E-state index in [1.165, 1.54) is 12.8 Å². The third kappa shape index (κ3) is 0.737. The van der Waals surface area contributed by atoms with Crippen molar-refractivity contribution in [1.82, 2.24) is 4.90 Å². The first kappa shape index (κ1) is 9.17. The highest BCUT2D eigenvalue weighted by Crippen LogP contribution is 2.68. The second kappa shape index (κ2) is 2.35. The molecule has 80 valence electrons. The summed E-state index contributed by atoms with van der Waals surface area (Å²) in [5.74, 6) is 0.794. The second-order valence-electron chi connectivity index (χ2n) is 6.25. The molecule has 2 aliphatic carbocycles. The van der Waals surface area contributed by atoms with Crippen LogP contribution in [0.3, 0.4) is 0 Å². The molecule has 0 spiro atoms. The summed E-state index contributed by atoms with van der Waals surface area (Å²) in [5, 5.41) is 0. The molecule has 2 nitrogen and oxygen atoms in total. The van der Waals surface area contributed by atoms with Crippen LogP contribution in [0.2, 0.25) is 0 Å². The molecule has 2 saturated carbocycles. The summed E-state index contributed by atoms with van der Waals surface area (Å²) in [6.07, 6.45) is 3.28. The standard InChI is InChI=1S/C12H21NO/c1-11(2)8-5-6-12(11,3)10-9(8)14-7-13(10)4/h8-10H,5-7H2,1-4H3. The quantitative estimate of drug-likeness (QED) is 0.587. The Hall–Kier alpha value is -0.0800. The van der Waals surface area contributed by atoms with Crippen LogP contribution >= 0.6 is 0 Å². The molecule has 1 aliphatic heterocycles. The predicted octanol–water partition coefficient (Wildman–Crippen LogP) is 2.10. The minimum atomic E-state index is 0.469. The fraction of sp³-hybridized carbons (Fsp3) is 1.00. The van der Waals surface area contributed by atoms with Gasteiger partial charge in [-0.3, -0.25) is 4.90 Å². The van der Waals surface area contributed by atoms with Gasteiger partial charge in [-0.25, -0.2) is 0 Å². The Balaban J connectivity index is 2.07. The van der Waals surface area contributed by atoms with Crippen molar-refractivity contribution in [3.8, 4) is 0 Å². The number of rotatable bonds is 0. The van der Waals surface area contributed by atoms with E-state index in [0.29, 0.717) is 23.0 Å². The molecule has 0 aromatic rings. The van der Waals surface area contributed by atoms with E-state index in [4.69, 9.17) is 4.74 Å². The Morgan fingerprint density at radius 1 is 1.29 bits per heavy atom. The average Bonchev–Trinajstić information content (AvgIpc) is 2.62. The average molecular weight is 195 g/mol. The molecule has 0 aromatic carbocycles. The van der Waals surface area contributed by atoms with E-state index in [1.54, 1.807) is 0 Å². The van der Waals surface area contributed by atoms with Crippen LogP contribution in [0.5, 0.6) is 0 Å². The van der Waals surface area contributed by atoms with Crippen molar-refractivity contribution >= 4 is 0 Å². The largest absolute Gasteiger partial charge is 0.361 e. The van der Waals surface area contributed by atoms with Gasteiger partial charge in [-0.1, -0.05) is 20.8 Å². The molecule has 4 atom stereocenters.